The Bertz CT molecular complexity index is 590. The van der Waals surface area contributed by atoms with Gasteiger partial charge < -0.3 is 10.6 Å². The zero-order valence-corrected chi connectivity index (χ0v) is 15.7. The van der Waals surface area contributed by atoms with Crippen molar-refractivity contribution in [1.82, 2.24) is 20.4 Å². The van der Waals surface area contributed by atoms with Crippen LogP contribution in [0.2, 0.25) is 0 Å². The van der Waals surface area contributed by atoms with Gasteiger partial charge in [-0.3, -0.25) is 4.99 Å². The molecule has 1 heterocycles. The van der Waals surface area contributed by atoms with Crippen LogP contribution in [0.15, 0.2) is 60.4 Å². The van der Waals surface area contributed by atoms with Gasteiger partial charge >= 0.3 is 0 Å². The number of aliphatic imine (C=N–C) groups is 1. The van der Waals surface area contributed by atoms with Crippen LogP contribution in [0, 0.1) is 0 Å². The van der Waals surface area contributed by atoms with Crippen molar-refractivity contribution in [2.75, 3.05) is 19.6 Å². The highest BCUT2D eigenvalue weighted by Gasteiger charge is 1.98. The van der Waals surface area contributed by atoms with Gasteiger partial charge in [0.25, 0.3) is 0 Å². The fourth-order valence-corrected chi connectivity index (χ4v) is 2.04. The number of rotatable bonds is 7. The van der Waals surface area contributed by atoms with Crippen LogP contribution >= 0.6 is 24.0 Å². The molecule has 0 bridgehead atoms. The van der Waals surface area contributed by atoms with E-state index in [4.69, 9.17) is 0 Å². The van der Waals surface area contributed by atoms with E-state index < -0.39 is 0 Å². The van der Waals surface area contributed by atoms with E-state index in [1.165, 1.54) is 5.56 Å². The lowest BCUT2D eigenvalue weighted by Crippen LogP contribution is -2.37. The van der Waals surface area contributed by atoms with E-state index >= 15 is 0 Å². The standard InChI is InChI=1S/C17H23N5.HI/c1-3-11-19-17(18-4-2)20-13-10-15-6-8-16(9-7-15)22-14-5-12-21-22;/h3,5-9,12,14H,1,4,10-11,13H2,2H3,(H2,18,19,20);1H. The van der Waals surface area contributed by atoms with E-state index in [1.807, 2.05) is 23.0 Å². The Morgan fingerprint density at radius 2 is 2.09 bits per heavy atom. The monoisotopic (exact) mass is 425 g/mol. The summed E-state index contributed by atoms with van der Waals surface area (Å²) in [6, 6.07) is 10.3. The molecule has 23 heavy (non-hydrogen) atoms. The third kappa shape index (κ3) is 6.43. The van der Waals surface area contributed by atoms with Crippen LogP contribution < -0.4 is 10.6 Å². The number of benzene rings is 1. The molecule has 0 aliphatic carbocycles. The van der Waals surface area contributed by atoms with E-state index in [9.17, 15) is 0 Å². The summed E-state index contributed by atoms with van der Waals surface area (Å²) in [6.07, 6.45) is 6.44. The number of nitrogens with zero attached hydrogens (tertiary/aromatic N) is 3. The Kier molecular flexibility index (Phi) is 9.04. The van der Waals surface area contributed by atoms with Gasteiger partial charge in [-0.1, -0.05) is 18.2 Å². The van der Waals surface area contributed by atoms with E-state index in [0.717, 1.165) is 31.2 Å². The molecule has 0 spiro atoms. The molecule has 0 amide bonds. The molecular weight excluding hydrogens is 401 g/mol. The second kappa shape index (κ2) is 10.8. The van der Waals surface area contributed by atoms with Gasteiger partial charge in [-0.25, -0.2) is 4.68 Å². The van der Waals surface area contributed by atoms with Crippen molar-refractivity contribution >= 4 is 29.9 Å². The Morgan fingerprint density at radius 1 is 1.30 bits per heavy atom. The van der Waals surface area contributed by atoms with E-state index in [1.54, 1.807) is 6.20 Å². The van der Waals surface area contributed by atoms with Gasteiger partial charge in [0.05, 0.1) is 5.69 Å². The number of hydrogen-bond acceptors (Lipinski definition) is 2. The molecule has 0 aliphatic rings. The largest absolute Gasteiger partial charge is 0.357 e. The average molecular weight is 425 g/mol. The van der Waals surface area contributed by atoms with Gasteiger partial charge in [-0.2, -0.15) is 5.10 Å². The maximum absolute atomic E-state index is 4.55. The first kappa shape index (κ1) is 19.2. The van der Waals surface area contributed by atoms with E-state index in [-0.39, 0.29) is 24.0 Å². The van der Waals surface area contributed by atoms with Crippen LogP contribution in [-0.4, -0.2) is 35.4 Å². The highest BCUT2D eigenvalue weighted by Crippen LogP contribution is 2.09. The molecule has 6 heteroatoms. The van der Waals surface area contributed by atoms with Crippen molar-refractivity contribution in [2.45, 2.75) is 13.3 Å². The molecule has 0 fully saturated rings. The topological polar surface area (TPSA) is 54.2 Å². The summed E-state index contributed by atoms with van der Waals surface area (Å²) in [5.74, 6) is 0.829. The molecule has 0 saturated carbocycles. The lowest BCUT2D eigenvalue weighted by molar-refractivity contribution is 0.850. The highest BCUT2D eigenvalue weighted by molar-refractivity contribution is 14.0. The van der Waals surface area contributed by atoms with Crippen LogP contribution in [0.3, 0.4) is 0 Å². The normalized spacial score (nSPS) is 10.7. The third-order valence-electron chi connectivity index (χ3n) is 3.13. The number of halogens is 1. The highest BCUT2D eigenvalue weighted by atomic mass is 127. The number of nitrogens with one attached hydrogen (secondary N) is 2. The summed E-state index contributed by atoms with van der Waals surface area (Å²) in [7, 11) is 0. The van der Waals surface area contributed by atoms with Crippen LogP contribution in [0.1, 0.15) is 12.5 Å². The van der Waals surface area contributed by atoms with E-state index in [2.05, 4.69) is 58.5 Å². The average Bonchev–Trinajstić information content (AvgIpc) is 3.07. The zero-order chi connectivity index (χ0) is 15.6. The molecule has 5 nitrogen and oxygen atoms in total. The molecule has 0 saturated heterocycles. The quantitative estimate of drug-likeness (QED) is 0.311. The third-order valence-corrected chi connectivity index (χ3v) is 3.13. The molecule has 1 aromatic heterocycles. The fraction of sp³-hybridized carbons (Fsp3) is 0.294. The lowest BCUT2D eigenvalue weighted by atomic mass is 10.1. The fourth-order valence-electron chi connectivity index (χ4n) is 2.04. The summed E-state index contributed by atoms with van der Waals surface area (Å²) in [6.45, 7) is 8.06. The van der Waals surface area contributed by atoms with Gasteiger partial charge in [0.15, 0.2) is 5.96 Å². The SMILES string of the molecule is C=CCNC(=NCCc1ccc(-n2cccn2)cc1)NCC.I. The molecular formula is C17H24IN5. The molecule has 1 aromatic carbocycles. The second-order valence-corrected chi connectivity index (χ2v) is 4.80. The van der Waals surface area contributed by atoms with Gasteiger partial charge in [0, 0.05) is 32.0 Å². The molecule has 0 unspecified atom stereocenters. The number of aromatic nitrogens is 2. The predicted molar refractivity (Wildman–Crippen MR) is 107 cm³/mol. The Balaban J connectivity index is 0.00000264. The Hall–Kier alpha value is -1.83. The van der Waals surface area contributed by atoms with Crippen molar-refractivity contribution < 1.29 is 0 Å². The molecule has 0 atom stereocenters. The maximum atomic E-state index is 4.55. The van der Waals surface area contributed by atoms with Gasteiger partial charge in [-0.15, -0.1) is 30.6 Å². The minimum absolute atomic E-state index is 0. The minimum atomic E-state index is 0. The summed E-state index contributed by atoms with van der Waals surface area (Å²) >= 11 is 0. The molecule has 0 aliphatic heterocycles. The van der Waals surface area contributed by atoms with Crippen molar-refractivity contribution in [2.24, 2.45) is 4.99 Å². The summed E-state index contributed by atoms with van der Waals surface area (Å²) < 4.78 is 1.85. The van der Waals surface area contributed by atoms with Gasteiger partial charge in [0.2, 0.25) is 0 Å². The van der Waals surface area contributed by atoms with E-state index in [0.29, 0.717) is 6.54 Å². The Morgan fingerprint density at radius 3 is 2.70 bits per heavy atom. The summed E-state index contributed by atoms with van der Waals surface area (Å²) in [5.41, 5.74) is 2.33. The zero-order valence-electron chi connectivity index (χ0n) is 13.4. The van der Waals surface area contributed by atoms with Crippen molar-refractivity contribution in [1.29, 1.82) is 0 Å². The number of guanidine groups is 1. The van der Waals surface area contributed by atoms with Crippen molar-refractivity contribution in [3.8, 4) is 5.69 Å². The minimum Gasteiger partial charge on any atom is -0.357 e. The summed E-state index contributed by atoms with van der Waals surface area (Å²) in [4.78, 5) is 4.55. The Labute approximate surface area is 154 Å². The first-order valence-corrected chi connectivity index (χ1v) is 7.55. The first-order valence-electron chi connectivity index (χ1n) is 7.55. The first-order chi connectivity index (χ1) is 10.8. The van der Waals surface area contributed by atoms with Gasteiger partial charge in [-0.05, 0) is 37.1 Å². The van der Waals surface area contributed by atoms with Crippen LogP contribution in [0.4, 0.5) is 0 Å². The van der Waals surface area contributed by atoms with Crippen LogP contribution in [0.5, 0.6) is 0 Å². The predicted octanol–water partition coefficient (Wildman–Crippen LogP) is 2.77. The van der Waals surface area contributed by atoms with Crippen molar-refractivity contribution in [3.05, 3.63) is 60.9 Å². The number of hydrogen-bond donors (Lipinski definition) is 2. The summed E-state index contributed by atoms with van der Waals surface area (Å²) in [5, 5.41) is 10.6. The smallest absolute Gasteiger partial charge is 0.191 e. The maximum Gasteiger partial charge on any atom is 0.191 e. The molecule has 0 radical (unpaired) electrons. The van der Waals surface area contributed by atoms with Gasteiger partial charge in [0.1, 0.15) is 0 Å². The van der Waals surface area contributed by atoms with Crippen LogP contribution in [-0.2, 0) is 6.42 Å². The molecule has 124 valence electrons. The second-order valence-electron chi connectivity index (χ2n) is 4.80. The molecule has 2 aromatic rings. The van der Waals surface area contributed by atoms with Crippen LogP contribution in [0.25, 0.3) is 5.69 Å². The molecule has 2 rings (SSSR count). The lowest BCUT2D eigenvalue weighted by Gasteiger charge is -2.09. The molecule has 2 N–H and O–H groups in total. The van der Waals surface area contributed by atoms with Crippen molar-refractivity contribution in [3.63, 3.8) is 0 Å².